The highest BCUT2D eigenvalue weighted by Gasteiger charge is 2.07. The fourth-order valence-electron chi connectivity index (χ4n) is 1.71. The van der Waals surface area contributed by atoms with Gasteiger partial charge in [-0.25, -0.2) is 0 Å². The molecule has 0 bridgehead atoms. The zero-order valence-electron chi connectivity index (χ0n) is 10.9. The molecular formula is C15H16N2OS. The van der Waals surface area contributed by atoms with E-state index in [0.29, 0.717) is 0 Å². The van der Waals surface area contributed by atoms with E-state index < -0.39 is 0 Å². The topological polar surface area (TPSA) is 59.1 Å². The summed E-state index contributed by atoms with van der Waals surface area (Å²) in [7, 11) is 1.65. The zero-order valence-corrected chi connectivity index (χ0v) is 11.8. The molecule has 0 saturated carbocycles. The highest BCUT2D eigenvalue weighted by Crippen LogP contribution is 2.32. The summed E-state index contributed by atoms with van der Waals surface area (Å²) in [6.07, 6.45) is 0. The Kier molecular flexibility index (Phi) is 4.12. The predicted octanol–water partition coefficient (Wildman–Crippen LogP) is 3.44. The summed E-state index contributed by atoms with van der Waals surface area (Å²) >= 11 is 1.60. The van der Waals surface area contributed by atoms with E-state index in [4.69, 9.17) is 15.9 Å². The summed E-state index contributed by atoms with van der Waals surface area (Å²) in [5.74, 6) is 0.927. The molecule has 0 atom stereocenters. The Balaban J connectivity index is 2.31. The van der Waals surface area contributed by atoms with Crippen LogP contribution in [-0.2, 0) is 0 Å². The van der Waals surface area contributed by atoms with Gasteiger partial charge in [-0.3, -0.25) is 5.41 Å². The number of nitrogens with two attached hydrogens (primary N) is 1. The first-order chi connectivity index (χ1) is 9.10. The summed E-state index contributed by atoms with van der Waals surface area (Å²) in [4.78, 5) is 2.09. The normalized spacial score (nSPS) is 10.2. The van der Waals surface area contributed by atoms with Crippen molar-refractivity contribution in [2.75, 3.05) is 7.11 Å². The molecule has 0 heterocycles. The lowest BCUT2D eigenvalue weighted by molar-refractivity contribution is 0.414. The van der Waals surface area contributed by atoms with Crippen LogP contribution in [0.3, 0.4) is 0 Å². The molecule has 0 amide bonds. The number of methoxy groups -OCH3 is 1. The number of rotatable bonds is 4. The largest absolute Gasteiger partial charge is 0.497 e. The maximum Gasteiger partial charge on any atom is 0.123 e. The molecule has 0 aromatic heterocycles. The predicted molar refractivity (Wildman–Crippen MR) is 79.3 cm³/mol. The van der Waals surface area contributed by atoms with Gasteiger partial charge in [0, 0.05) is 15.4 Å². The van der Waals surface area contributed by atoms with Gasteiger partial charge < -0.3 is 10.5 Å². The van der Waals surface area contributed by atoms with E-state index in [-0.39, 0.29) is 5.84 Å². The second-order valence-corrected chi connectivity index (χ2v) is 5.31. The summed E-state index contributed by atoms with van der Waals surface area (Å²) in [6, 6.07) is 13.7. The summed E-state index contributed by atoms with van der Waals surface area (Å²) < 4.78 is 5.14. The van der Waals surface area contributed by atoms with Gasteiger partial charge in [-0.05, 0) is 48.9 Å². The van der Waals surface area contributed by atoms with E-state index >= 15 is 0 Å². The number of aryl methyl sites for hydroxylation is 1. The number of hydrogen-bond donors (Lipinski definition) is 2. The van der Waals surface area contributed by atoms with Crippen LogP contribution < -0.4 is 10.5 Å². The second-order valence-electron chi connectivity index (χ2n) is 4.19. The number of nitrogens with one attached hydrogen (secondary N) is 1. The summed E-state index contributed by atoms with van der Waals surface area (Å²) in [6.45, 7) is 2.03. The van der Waals surface area contributed by atoms with E-state index in [1.165, 1.54) is 0 Å². The Morgan fingerprint density at radius 3 is 2.42 bits per heavy atom. The van der Waals surface area contributed by atoms with E-state index in [9.17, 15) is 0 Å². The summed E-state index contributed by atoms with van der Waals surface area (Å²) in [5.41, 5.74) is 7.54. The van der Waals surface area contributed by atoms with Crippen LogP contribution in [0.15, 0.2) is 52.3 Å². The van der Waals surface area contributed by atoms with Gasteiger partial charge in [0.05, 0.1) is 7.11 Å². The number of nitrogen functional groups attached to an aromatic ring is 1. The lowest BCUT2D eigenvalue weighted by atomic mass is 10.1. The molecule has 0 aliphatic rings. The van der Waals surface area contributed by atoms with Crippen LogP contribution in [0.25, 0.3) is 0 Å². The Morgan fingerprint density at radius 1 is 1.16 bits per heavy atom. The van der Waals surface area contributed by atoms with Gasteiger partial charge >= 0.3 is 0 Å². The van der Waals surface area contributed by atoms with Gasteiger partial charge in [-0.2, -0.15) is 0 Å². The first-order valence-corrected chi connectivity index (χ1v) is 6.69. The van der Waals surface area contributed by atoms with Gasteiger partial charge in [0.2, 0.25) is 0 Å². The molecule has 0 aliphatic heterocycles. The minimum absolute atomic E-state index is 0.0935. The summed E-state index contributed by atoms with van der Waals surface area (Å²) in [5, 5.41) is 7.62. The SMILES string of the molecule is COc1ccc(Sc2cc(C)ccc2C(=N)N)cc1. The van der Waals surface area contributed by atoms with Gasteiger partial charge in [0.15, 0.2) is 0 Å². The van der Waals surface area contributed by atoms with E-state index in [0.717, 1.165) is 26.7 Å². The van der Waals surface area contributed by atoms with Crippen LogP contribution in [0.4, 0.5) is 0 Å². The van der Waals surface area contributed by atoms with Gasteiger partial charge in [-0.1, -0.05) is 17.8 Å². The van der Waals surface area contributed by atoms with Crippen molar-refractivity contribution in [3.8, 4) is 5.75 Å². The molecule has 0 radical (unpaired) electrons. The molecule has 0 unspecified atom stereocenters. The third-order valence-corrected chi connectivity index (χ3v) is 3.78. The molecule has 0 saturated heterocycles. The fraction of sp³-hybridized carbons (Fsp3) is 0.133. The van der Waals surface area contributed by atoms with E-state index in [2.05, 4.69) is 0 Å². The number of hydrogen-bond acceptors (Lipinski definition) is 3. The molecule has 2 aromatic carbocycles. The molecule has 19 heavy (non-hydrogen) atoms. The number of ether oxygens (including phenoxy) is 1. The van der Waals surface area contributed by atoms with Crippen molar-refractivity contribution in [3.63, 3.8) is 0 Å². The molecule has 3 nitrogen and oxygen atoms in total. The fourth-order valence-corrected chi connectivity index (χ4v) is 2.77. The minimum atomic E-state index is 0.0935. The monoisotopic (exact) mass is 272 g/mol. The number of amidine groups is 1. The lowest BCUT2D eigenvalue weighted by Crippen LogP contribution is -2.12. The number of benzene rings is 2. The lowest BCUT2D eigenvalue weighted by Gasteiger charge is -2.09. The Bertz CT molecular complexity index is 594. The standard InChI is InChI=1S/C15H16N2OS/c1-10-3-8-13(15(16)17)14(9-10)19-12-6-4-11(18-2)5-7-12/h3-9H,1-2H3,(H3,16,17). The van der Waals surface area contributed by atoms with Gasteiger partial charge in [0.1, 0.15) is 11.6 Å². The molecule has 0 fully saturated rings. The molecule has 2 rings (SSSR count). The molecule has 0 aliphatic carbocycles. The van der Waals surface area contributed by atoms with Crippen LogP contribution in [0.1, 0.15) is 11.1 Å². The molecule has 98 valence electrons. The maximum atomic E-state index is 7.62. The molecule has 0 spiro atoms. The second kappa shape index (κ2) is 5.80. The third-order valence-electron chi connectivity index (χ3n) is 2.71. The molecule has 3 N–H and O–H groups in total. The van der Waals surface area contributed by atoms with Crippen molar-refractivity contribution in [1.82, 2.24) is 0 Å². The van der Waals surface area contributed by atoms with Crippen molar-refractivity contribution in [3.05, 3.63) is 53.6 Å². The maximum absolute atomic E-state index is 7.62. The Morgan fingerprint density at radius 2 is 1.84 bits per heavy atom. The van der Waals surface area contributed by atoms with Crippen molar-refractivity contribution in [1.29, 1.82) is 5.41 Å². The Hall–Kier alpha value is -1.94. The van der Waals surface area contributed by atoms with Crippen molar-refractivity contribution in [2.45, 2.75) is 16.7 Å². The van der Waals surface area contributed by atoms with Crippen molar-refractivity contribution < 1.29 is 4.74 Å². The zero-order chi connectivity index (χ0) is 13.8. The van der Waals surface area contributed by atoms with Crippen LogP contribution in [0, 0.1) is 12.3 Å². The quantitative estimate of drug-likeness (QED) is 0.662. The van der Waals surface area contributed by atoms with Crippen LogP contribution in [0.2, 0.25) is 0 Å². The average Bonchev–Trinajstić information content (AvgIpc) is 2.39. The average molecular weight is 272 g/mol. The molecule has 2 aromatic rings. The Labute approximate surface area is 117 Å². The third kappa shape index (κ3) is 3.29. The van der Waals surface area contributed by atoms with Gasteiger partial charge in [-0.15, -0.1) is 0 Å². The van der Waals surface area contributed by atoms with Crippen molar-refractivity contribution in [2.24, 2.45) is 5.73 Å². The first-order valence-electron chi connectivity index (χ1n) is 5.87. The van der Waals surface area contributed by atoms with E-state index in [1.54, 1.807) is 18.9 Å². The smallest absolute Gasteiger partial charge is 0.123 e. The van der Waals surface area contributed by atoms with Crippen molar-refractivity contribution >= 4 is 17.6 Å². The minimum Gasteiger partial charge on any atom is -0.497 e. The van der Waals surface area contributed by atoms with Gasteiger partial charge in [0.25, 0.3) is 0 Å². The first kappa shape index (κ1) is 13.5. The highest BCUT2D eigenvalue weighted by atomic mass is 32.2. The van der Waals surface area contributed by atoms with E-state index in [1.807, 2.05) is 49.4 Å². The molecule has 4 heteroatoms. The van der Waals surface area contributed by atoms with Crippen LogP contribution in [-0.4, -0.2) is 12.9 Å². The molecular weight excluding hydrogens is 256 g/mol. The van der Waals surface area contributed by atoms with Crippen LogP contribution >= 0.6 is 11.8 Å². The van der Waals surface area contributed by atoms with Crippen LogP contribution in [0.5, 0.6) is 5.75 Å². The highest BCUT2D eigenvalue weighted by molar-refractivity contribution is 7.99.